The number of amides is 1. The number of nitrogens with one attached hydrogen (secondary N) is 1. The van der Waals surface area contributed by atoms with Gasteiger partial charge in [-0.15, -0.1) is 0 Å². The highest BCUT2D eigenvalue weighted by atomic mass is 32.1. The Hall–Kier alpha value is -3.67. The summed E-state index contributed by atoms with van der Waals surface area (Å²) in [5.74, 6) is -0.730. The van der Waals surface area contributed by atoms with Gasteiger partial charge in [-0.2, -0.15) is 54.9 Å². The lowest BCUT2D eigenvalue weighted by Crippen LogP contribution is -2.30. The van der Waals surface area contributed by atoms with Crippen molar-refractivity contribution in [2.45, 2.75) is 25.3 Å². The minimum atomic E-state index is -5.37. The lowest BCUT2D eigenvalue weighted by Gasteiger charge is -2.17. The molecule has 0 saturated carbocycles. The molecule has 8 nitrogen and oxygen atoms in total. The number of nitriles is 1. The van der Waals surface area contributed by atoms with E-state index in [2.05, 4.69) is 25.4 Å². The van der Waals surface area contributed by atoms with E-state index in [0.29, 0.717) is 6.20 Å². The maximum absolute atomic E-state index is 13.1. The Bertz CT molecular complexity index is 1180. The molecule has 0 fully saturated rings. The van der Waals surface area contributed by atoms with Gasteiger partial charge in [-0.3, -0.25) is 9.78 Å². The third-order valence-corrected chi connectivity index (χ3v) is 4.13. The van der Waals surface area contributed by atoms with Crippen molar-refractivity contribution in [1.29, 1.82) is 5.26 Å². The highest BCUT2D eigenvalue weighted by Crippen LogP contribution is 2.39. The second-order valence-electron chi connectivity index (χ2n) is 6.36. The molecule has 174 valence electrons. The average molecular weight is 489 g/mol. The Labute approximate surface area is 188 Å². The number of alkyl halides is 6. The number of aromatic nitrogens is 5. The first-order chi connectivity index (χ1) is 14.9. The summed E-state index contributed by atoms with van der Waals surface area (Å²) in [5.41, 5.74) is -4.65. The molecule has 0 radical (unpaired) electrons. The Morgan fingerprint density at radius 3 is 2.33 bits per heavy atom. The van der Waals surface area contributed by atoms with E-state index in [4.69, 9.17) is 5.26 Å². The lowest BCUT2D eigenvalue weighted by atomic mass is 10.1. The molecule has 3 rings (SSSR count). The van der Waals surface area contributed by atoms with Crippen molar-refractivity contribution in [3.8, 4) is 11.9 Å². The van der Waals surface area contributed by atoms with Crippen LogP contribution in [0.1, 0.15) is 46.0 Å². The molecule has 0 aliphatic rings. The summed E-state index contributed by atoms with van der Waals surface area (Å²) < 4.78 is 79.0. The SMILES string of the molecule is C[C@H](NC(=O)c1cnc(C(F)(F)F)c(C(F)(F)F)c1)c1ncnn1-c1ccc(C#N)cn1.S. The minimum Gasteiger partial charge on any atom is -0.342 e. The summed E-state index contributed by atoms with van der Waals surface area (Å²) in [5, 5.41) is 15.1. The molecule has 3 aromatic heterocycles. The molecule has 0 spiro atoms. The number of carbonyl (C=O) groups is 1. The first kappa shape index (κ1) is 25.6. The van der Waals surface area contributed by atoms with Crippen LogP contribution in [0.4, 0.5) is 26.3 Å². The number of pyridine rings is 2. The largest absolute Gasteiger partial charge is 0.433 e. The van der Waals surface area contributed by atoms with Crippen LogP contribution < -0.4 is 5.32 Å². The quantitative estimate of drug-likeness (QED) is 0.562. The molecule has 0 saturated heterocycles. The topological polar surface area (TPSA) is 109 Å². The normalized spacial score (nSPS) is 12.4. The maximum atomic E-state index is 13.1. The van der Waals surface area contributed by atoms with Gasteiger partial charge < -0.3 is 5.32 Å². The number of halogens is 6. The van der Waals surface area contributed by atoms with Gasteiger partial charge in [0.1, 0.15) is 12.4 Å². The summed E-state index contributed by atoms with van der Waals surface area (Å²) in [4.78, 5) is 23.2. The van der Waals surface area contributed by atoms with Crippen molar-refractivity contribution >= 4 is 19.4 Å². The summed E-state index contributed by atoms with van der Waals surface area (Å²) in [6.07, 6.45) is -7.90. The summed E-state index contributed by atoms with van der Waals surface area (Å²) in [6, 6.07) is 3.97. The molecule has 33 heavy (non-hydrogen) atoms. The van der Waals surface area contributed by atoms with Crippen molar-refractivity contribution < 1.29 is 31.1 Å². The maximum Gasteiger partial charge on any atom is 0.433 e. The van der Waals surface area contributed by atoms with Gasteiger partial charge in [-0.05, 0) is 25.1 Å². The van der Waals surface area contributed by atoms with E-state index >= 15 is 0 Å². The highest BCUT2D eigenvalue weighted by molar-refractivity contribution is 7.59. The van der Waals surface area contributed by atoms with Gasteiger partial charge in [-0.1, -0.05) is 0 Å². The second-order valence-corrected chi connectivity index (χ2v) is 6.36. The molecule has 1 N–H and O–H groups in total. The molecule has 0 unspecified atom stereocenters. The molecular formula is C18H13F6N7OS. The number of rotatable bonds is 4. The third-order valence-electron chi connectivity index (χ3n) is 4.13. The summed E-state index contributed by atoms with van der Waals surface area (Å²) in [6.45, 7) is 1.43. The lowest BCUT2D eigenvalue weighted by molar-refractivity contribution is -0.164. The van der Waals surface area contributed by atoms with E-state index in [-0.39, 0.29) is 36.8 Å². The Kier molecular flexibility index (Phi) is 7.32. The van der Waals surface area contributed by atoms with Crippen LogP contribution in [0, 0.1) is 11.3 Å². The van der Waals surface area contributed by atoms with Gasteiger partial charge in [-0.25, -0.2) is 9.97 Å². The fourth-order valence-corrected chi connectivity index (χ4v) is 2.68. The van der Waals surface area contributed by atoms with Crippen molar-refractivity contribution in [2.75, 3.05) is 0 Å². The van der Waals surface area contributed by atoms with E-state index in [0.717, 1.165) is 6.33 Å². The second kappa shape index (κ2) is 9.45. The molecule has 1 amide bonds. The zero-order valence-electron chi connectivity index (χ0n) is 16.4. The van der Waals surface area contributed by atoms with Crippen LogP contribution in [0.2, 0.25) is 0 Å². The van der Waals surface area contributed by atoms with Gasteiger partial charge >= 0.3 is 12.4 Å². The van der Waals surface area contributed by atoms with E-state index in [1.165, 1.54) is 29.9 Å². The van der Waals surface area contributed by atoms with Crippen LogP contribution >= 0.6 is 13.5 Å². The molecule has 1 atom stereocenters. The van der Waals surface area contributed by atoms with Crippen molar-refractivity contribution in [2.24, 2.45) is 0 Å². The van der Waals surface area contributed by atoms with Crippen molar-refractivity contribution in [3.05, 3.63) is 65.1 Å². The Morgan fingerprint density at radius 2 is 1.79 bits per heavy atom. The predicted molar refractivity (Wildman–Crippen MR) is 104 cm³/mol. The molecule has 3 aromatic rings. The minimum absolute atomic E-state index is 0. The van der Waals surface area contributed by atoms with Gasteiger partial charge in [0.25, 0.3) is 5.91 Å². The van der Waals surface area contributed by atoms with E-state index < -0.39 is 41.1 Å². The molecule has 0 bridgehead atoms. The third kappa shape index (κ3) is 5.58. The predicted octanol–water partition coefficient (Wildman–Crippen LogP) is 3.57. The van der Waals surface area contributed by atoms with E-state index in [1.807, 2.05) is 6.07 Å². The van der Waals surface area contributed by atoms with Crippen LogP contribution in [0.3, 0.4) is 0 Å². The molecule has 15 heteroatoms. The molecule has 3 heterocycles. The van der Waals surface area contributed by atoms with Crippen molar-refractivity contribution in [1.82, 2.24) is 30.0 Å². The first-order valence-corrected chi connectivity index (χ1v) is 8.63. The fourth-order valence-electron chi connectivity index (χ4n) is 2.68. The standard InChI is InChI=1S/C18H11F6N7O.H2S/c1-9(15-28-8-29-31(15)13-3-2-10(5-25)6-26-13)30-16(32)11-4-12(17(19,20)21)14(27-7-11)18(22,23)24;/h2-4,6-9H,1H3,(H,30,32);1H2/t9-;/m0./s1. The molecule has 0 aromatic carbocycles. The monoisotopic (exact) mass is 489 g/mol. The fraction of sp³-hybridized carbons (Fsp3) is 0.222. The van der Waals surface area contributed by atoms with Gasteiger partial charge in [0.2, 0.25) is 0 Å². The molecule has 0 aliphatic carbocycles. The zero-order chi connectivity index (χ0) is 23.7. The number of hydrogen-bond acceptors (Lipinski definition) is 6. The van der Waals surface area contributed by atoms with Gasteiger partial charge in [0.05, 0.1) is 22.7 Å². The Morgan fingerprint density at radius 1 is 1.09 bits per heavy atom. The average Bonchev–Trinajstić information content (AvgIpc) is 3.22. The Balaban J connectivity index is 0.00000385. The number of nitrogens with zero attached hydrogens (tertiary/aromatic N) is 6. The van der Waals surface area contributed by atoms with E-state index in [1.54, 1.807) is 0 Å². The number of carbonyl (C=O) groups excluding carboxylic acids is 1. The molecular weight excluding hydrogens is 476 g/mol. The van der Waals surface area contributed by atoms with Gasteiger partial charge in [0, 0.05) is 12.4 Å². The van der Waals surface area contributed by atoms with Crippen molar-refractivity contribution in [3.63, 3.8) is 0 Å². The molecule has 0 aliphatic heterocycles. The zero-order valence-corrected chi connectivity index (χ0v) is 17.4. The van der Waals surface area contributed by atoms with Gasteiger partial charge in [0.15, 0.2) is 17.3 Å². The van der Waals surface area contributed by atoms with Crippen LogP contribution in [0.15, 0.2) is 36.9 Å². The first-order valence-electron chi connectivity index (χ1n) is 8.63. The van der Waals surface area contributed by atoms with Crippen LogP contribution in [0.5, 0.6) is 0 Å². The summed E-state index contributed by atoms with van der Waals surface area (Å²) in [7, 11) is 0. The summed E-state index contributed by atoms with van der Waals surface area (Å²) >= 11 is 0. The number of hydrogen-bond donors (Lipinski definition) is 1. The van der Waals surface area contributed by atoms with Crippen LogP contribution in [-0.4, -0.2) is 30.6 Å². The van der Waals surface area contributed by atoms with Crippen LogP contribution in [0.25, 0.3) is 5.82 Å². The highest BCUT2D eigenvalue weighted by Gasteiger charge is 2.45. The van der Waals surface area contributed by atoms with Crippen LogP contribution in [-0.2, 0) is 12.4 Å². The smallest absolute Gasteiger partial charge is 0.342 e. The van der Waals surface area contributed by atoms with E-state index in [9.17, 15) is 31.1 Å².